The number of benzene rings is 1. The van der Waals surface area contributed by atoms with Gasteiger partial charge in [0.05, 0.1) is 11.2 Å². The molecule has 0 amide bonds. The molecule has 1 aromatic carbocycles. The first-order chi connectivity index (χ1) is 7.81. The molecule has 0 spiro atoms. The summed E-state index contributed by atoms with van der Waals surface area (Å²) in [5, 5.41) is 1.24. The summed E-state index contributed by atoms with van der Waals surface area (Å²) >= 11 is 0. The second-order valence-electron chi connectivity index (χ2n) is 4.14. The summed E-state index contributed by atoms with van der Waals surface area (Å²) in [5.41, 5.74) is 4.84. The van der Waals surface area contributed by atoms with Crippen LogP contribution < -0.4 is 4.90 Å². The third-order valence-electron chi connectivity index (χ3n) is 3.19. The second kappa shape index (κ2) is 3.34. The van der Waals surface area contributed by atoms with Crippen molar-refractivity contribution in [1.82, 2.24) is 4.98 Å². The Kier molecular flexibility index (Phi) is 1.96. The lowest BCUT2D eigenvalue weighted by Gasteiger charge is -2.19. The van der Waals surface area contributed by atoms with Crippen LogP contribution in [0.3, 0.4) is 0 Å². The molecule has 0 saturated carbocycles. The first kappa shape index (κ1) is 9.40. The Hall–Kier alpha value is -1.83. The van der Waals surface area contributed by atoms with E-state index < -0.39 is 0 Å². The van der Waals surface area contributed by atoms with Gasteiger partial charge in [-0.05, 0) is 13.0 Å². The number of pyridine rings is 1. The first-order valence-electron chi connectivity index (χ1n) is 5.63. The topological polar surface area (TPSA) is 16.1 Å². The van der Waals surface area contributed by atoms with Crippen molar-refractivity contribution in [1.29, 1.82) is 0 Å². The Morgan fingerprint density at radius 2 is 2.19 bits per heavy atom. The number of fused-ring (bicyclic) bond motifs is 3. The molecule has 2 aromatic rings. The fourth-order valence-corrected chi connectivity index (χ4v) is 2.47. The molecule has 0 radical (unpaired) electrons. The van der Waals surface area contributed by atoms with Gasteiger partial charge in [0.2, 0.25) is 0 Å². The maximum Gasteiger partial charge on any atom is 0.0723 e. The molecule has 0 N–H and O–H groups in total. The zero-order valence-electron chi connectivity index (χ0n) is 9.40. The van der Waals surface area contributed by atoms with Crippen molar-refractivity contribution in [2.24, 2.45) is 0 Å². The summed E-state index contributed by atoms with van der Waals surface area (Å²) < 4.78 is 0. The van der Waals surface area contributed by atoms with Gasteiger partial charge in [-0.3, -0.25) is 4.98 Å². The van der Waals surface area contributed by atoms with Crippen LogP contribution in [0.5, 0.6) is 0 Å². The molecule has 0 unspecified atom stereocenters. The van der Waals surface area contributed by atoms with E-state index in [2.05, 4.69) is 41.6 Å². The van der Waals surface area contributed by atoms with E-state index in [9.17, 15) is 0 Å². The zero-order valence-corrected chi connectivity index (χ0v) is 9.40. The highest BCUT2D eigenvalue weighted by Gasteiger charge is 2.23. The normalized spacial score (nSPS) is 14.6. The lowest BCUT2D eigenvalue weighted by molar-refractivity contribution is 0.975. The van der Waals surface area contributed by atoms with Gasteiger partial charge in [-0.2, -0.15) is 0 Å². The van der Waals surface area contributed by atoms with Gasteiger partial charge in [-0.25, -0.2) is 0 Å². The van der Waals surface area contributed by atoms with Gasteiger partial charge >= 0.3 is 0 Å². The first-order valence-corrected chi connectivity index (χ1v) is 5.63. The minimum atomic E-state index is 0.932. The van der Waals surface area contributed by atoms with Crippen molar-refractivity contribution in [3.05, 3.63) is 48.3 Å². The fraction of sp³-hybridized carbons (Fsp3) is 0.214. The minimum absolute atomic E-state index is 0.932. The average Bonchev–Trinajstić information content (AvgIpc) is 2.65. The van der Waals surface area contributed by atoms with E-state index in [0.29, 0.717) is 0 Å². The van der Waals surface area contributed by atoms with E-state index in [1.54, 1.807) is 0 Å². The van der Waals surface area contributed by atoms with Crippen LogP contribution in [-0.4, -0.2) is 11.5 Å². The van der Waals surface area contributed by atoms with Gasteiger partial charge in [0, 0.05) is 35.8 Å². The number of anilines is 1. The number of hydrogen-bond acceptors (Lipinski definition) is 2. The second-order valence-corrected chi connectivity index (χ2v) is 4.14. The lowest BCUT2D eigenvalue weighted by Crippen LogP contribution is -2.17. The number of allylic oxidation sites excluding steroid dienone is 1. The van der Waals surface area contributed by atoms with E-state index >= 15 is 0 Å². The number of likely N-dealkylation sites (N-methyl/N-ethyl adjacent to an activating group) is 1. The maximum atomic E-state index is 4.49. The Bertz CT molecular complexity index is 572. The van der Waals surface area contributed by atoms with Gasteiger partial charge in [-0.15, -0.1) is 0 Å². The van der Waals surface area contributed by atoms with E-state index in [-0.39, 0.29) is 0 Å². The summed E-state index contributed by atoms with van der Waals surface area (Å²) in [6.45, 7) is 7.26. The molecule has 2 heterocycles. The SMILES string of the molecule is C=C1Cc2cnc3ccccc3c2N1CC. The Morgan fingerprint density at radius 1 is 1.38 bits per heavy atom. The van der Waals surface area contributed by atoms with Crippen molar-refractivity contribution < 1.29 is 0 Å². The van der Waals surface area contributed by atoms with Crippen LogP contribution in [0.1, 0.15) is 12.5 Å². The Balaban J connectivity index is 2.35. The number of para-hydroxylation sites is 1. The third-order valence-corrected chi connectivity index (χ3v) is 3.19. The molecule has 1 aliphatic rings. The summed E-state index contributed by atoms with van der Waals surface area (Å²) in [6, 6.07) is 8.30. The number of nitrogens with zero attached hydrogens (tertiary/aromatic N) is 2. The van der Waals surface area contributed by atoms with Crippen molar-refractivity contribution in [3.63, 3.8) is 0 Å². The van der Waals surface area contributed by atoms with Crippen molar-refractivity contribution >= 4 is 16.6 Å². The molecule has 0 atom stereocenters. The van der Waals surface area contributed by atoms with Crippen LogP contribution in [0.25, 0.3) is 10.9 Å². The Morgan fingerprint density at radius 3 is 3.00 bits per heavy atom. The van der Waals surface area contributed by atoms with E-state index in [4.69, 9.17) is 0 Å². The molecular formula is C14H14N2. The monoisotopic (exact) mass is 210 g/mol. The van der Waals surface area contributed by atoms with Crippen LogP contribution in [0, 0.1) is 0 Å². The summed E-state index contributed by atoms with van der Waals surface area (Å²) in [5.74, 6) is 0. The van der Waals surface area contributed by atoms with Gasteiger partial charge < -0.3 is 4.90 Å². The summed E-state index contributed by atoms with van der Waals surface area (Å²) in [6.07, 6.45) is 2.92. The molecule has 1 aliphatic heterocycles. The predicted molar refractivity (Wildman–Crippen MR) is 67.6 cm³/mol. The summed E-state index contributed by atoms with van der Waals surface area (Å²) in [4.78, 5) is 6.78. The van der Waals surface area contributed by atoms with Crippen LogP contribution in [0.15, 0.2) is 42.7 Å². The molecule has 16 heavy (non-hydrogen) atoms. The molecular weight excluding hydrogens is 196 g/mol. The number of aromatic nitrogens is 1. The van der Waals surface area contributed by atoms with E-state index in [1.807, 2.05) is 12.3 Å². The van der Waals surface area contributed by atoms with Crippen molar-refractivity contribution in [2.45, 2.75) is 13.3 Å². The van der Waals surface area contributed by atoms with Crippen LogP contribution in [0.2, 0.25) is 0 Å². The fourth-order valence-electron chi connectivity index (χ4n) is 2.47. The Labute approximate surface area is 95.2 Å². The highest BCUT2D eigenvalue weighted by atomic mass is 15.2. The highest BCUT2D eigenvalue weighted by Crippen LogP contribution is 2.38. The van der Waals surface area contributed by atoms with Crippen molar-refractivity contribution in [2.75, 3.05) is 11.4 Å². The van der Waals surface area contributed by atoms with Crippen LogP contribution >= 0.6 is 0 Å². The van der Waals surface area contributed by atoms with Gasteiger partial charge in [0.25, 0.3) is 0 Å². The highest BCUT2D eigenvalue weighted by molar-refractivity contribution is 5.95. The quantitative estimate of drug-likeness (QED) is 0.719. The predicted octanol–water partition coefficient (Wildman–Crippen LogP) is 3.13. The van der Waals surface area contributed by atoms with Crippen molar-refractivity contribution in [3.8, 4) is 0 Å². The minimum Gasteiger partial charge on any atom is -0.345 e. The molecule has 3 rings (SSSR count). The zero-order chi connectivity index (χ0) is 11.1. The summed E-state index contributed by atoms with van der Waals surface area (Å²) in [7, 11) is 0. The molecule has 2 nitrogen and oxygen atoms in total. The van der Waals surface area contributed by atoms with E-state index in [1.165, 1.54) is 22.3 Å². The lowest BCUT2D eigenvalue weighted by atomic mass is 10.1. The largest absolute Gasteiger partial charge is 0.345 e. The molecule has 2 heteroatoms. The molecule has 0 saturated heterocycles. The number of hydrogen-bond donors (Lipinski definition) is 0. The number of rotatable bonds is 1. The van der Waals surface area contributed by atoms with E-state index in [0.717, 1.165) is 18.5 Å². The molecule has 1 aromatic heterocycles. The standard InChI is InChI=1S/C14H14N2/c1-3-16-10(2)8-11-9-15-13-7-5-4-6-12(13)14(11)16/h4-7,9H,2-3,8H2,1H3. The molecule has 0 aliphatic carbocycles. The van der Waals surface area contributed by atoms with Crippen LogP contribution in [-0.2, 0) is 6.42 Å². The van der Waals surface area contributed by atoms with Crippen LogP contribution in [0.4, 0.5) is 5.69 Å². The van der Waals surface area contributed by atoms with Gasteiger partial charge in [0.15, 0.2) is 0 Å². The maximum absolute atomic E-state index is 4.49. The smallest absolute Gasteiger partial charge is 0.0723 e. The molecule has 0 fully saturated rings. The molecule has 0 bridgehead atoms. The van der Waals surface area contributed by atoms with Gasteiger partial charge in [0.1, 0.15) is 0 Å². The third kappa shape index (κ3) is 1.16. The van der Waals surface area contributed by atoms with Gasteiger partial charge in [-0.1, -0.05) is 24.8 Å². The average molecular weight is 210 g/mol. The molecule has 80 valence electrons.